The largest absolute Gasteiger partial charge is 0.481 e. The van der Waals surface area contributed by atoms with Crippen molar-refractivity contribution in [2.75, 3.05) is 19.7 Å². The number of aromatic nitrogens is 4. The van der Waals surface area contributed by atoms with Crippen molar-refractivity contribution >= 4 is 65.1 Å². The minimum Gasteiger partial charge on any atom is -0.481 e. The SMILES string of the molecule is CC[C@H](C)[C@H](N)C(=O)N[C@@H](CC(=O)O)C(=O)NCC(=O)N[C@@H](Cc1cnc[nH]1)C(=O)N[C@@H](Cc1cnc[nH]1)C(=O)N[C@H](C(=O)N[C@H](C(=O)N[C@@H](CO)C(=O)N[C@H](C(=O)NCC(=O)O)C(C)C)[C@@H](C)CC)[C@@H](C)CC. The minimum absolute atomic E-state index is 0.216. The maximum absolute atomic E-state index is 14.3. The second-order valence-electron chi connectivity index (χ2n) is 18.4. The molecule has 0 aliphatic carbocycles. The molecule has 412 valence electrons. The van der Waals surface area contributed by atoms with Gasteiger partial charge in [0.05, 0.1) is 38.3 Å². The minimum atomic E-state index is -1.62. The van der Waals surface area contributed by atoms with E-state index in [2.05, 4.69) is 67.8 Å². The molecular formula is C46H74N14O14. The Labute approximate surface area is 427 Å². The zero-order chi connectivity index (χ0) is 55.8. The van der Waals surface area contributed by atoms with Gasteiger partial charge in [-0.05, 0) is 23.7 Å². The van der Waals surface area contributed by atoms with Gasteiger partial charge < -0.3 is 78.9 Å². The number of nitrogens with zero attached hydrogens (tertiary/aromatic N) is 2. The van der Waals surface area contributed by atoms with Crippen LogP contribution in [0.2, 0.25) is 0 Å². The number of aliphatic carboxylic acids is 2. The standard InChI is InChI=1S/C46H74N14O14/c1-9-23(6)35(47)43(71)56-30(14-33(63)64)39(67)50-17-32(62)54-28(12-26-15-48-20-52-26)40(68)55-29(13-27-16-49-21-53-27)41(69)59-38(25(8)11-3)46(74)60-37(24(7)10-2)45(73)57-31(19-61)42(70)58-36(22(4)5)44(72)51-18-34(65)66/h15-16,20-25,28-31,35-38,61H,9-14,17-19,47H2,1-8H3,(H,48,52)(H,49,53)(H,50,67)(H,51,72)(H,54,62)(H,55,68)(H,56,71)(H,57,73)(H,58,70)(H,59,69)(H,60,74)(H,63,64)(H,65,66)/t23-,24-,25-,28-,29-,30-,31-,35-,36-,37-,38-/m0/s1. The third-order valence-corrected chi connectivity index (χ3v) is 12.3. The number of hydrogen-bond donors (Lipinski definition) is 15. The molecule has 0 saturated carbocycles. The number of carboxylic acids is 2. The number of H-pyrrole nitrogens is 2. The van der Waals surface area contributed by atoms with Crippen molar-refractivity contribution in [3.05, 3.63) is 36.4 Å². The van der Waals surface area contributed by atoms with E-state index >= 15 is 0 Å². The summed E-state index contributed by atoms with van der Waals surface area (Å²) < 4.78 is 0. The van der Waals surface area contributed by atoms with Gasteiger partial charge in [-0.2, -0.15) is 0 Å². The third-order valence-electron chi connectivity index (χ3n) is 12.3. The summed E-state index contributed by atoms with van der Waals surface area (Å²) in [7, 11) is 0. The molecule has 16 N–H and O–H groups in total. The van der Waals surface area contributed by atoms with Crippen LogP contribution in [0.1, 0.15) is 92.5 Å². The van der Waals surface area contributed by atoms with Gasteiger partial charge in [-0.3, -0.25) is 52.7 Å². The lowest BCUT2D eigenvalue weighted by atomic mass is 9.94. The molecule has 28 nitrogen and oxygen atoms in total. The molecule has 2 rings (SSSR count). The number of imidazole rings is 2. The average Bonchev–Trinajstić information content (AvgIpc) is 4.09. The summed E-state index contributed by atoms with van der Waals surface area (Å²) in [6, 6.07) is -11.1. The first-order valence-electron chi connectivity index (χ1n) is 24.3. The average molecular weight is 1050 g/mol. The van der Waals surface area contributed by atoms with Crippen LogP contribution >= 0.6 is 0 Å². The fourth-order valence-corrected chi connectivity index (χ4v) is 7.04. The fourth-order valence-electron chi connectivity index (χ4n) is 7.04. The van der Waals surface area contributed by atoms with Gasteiger partial charge in [0.1, 0.15) is 48.8 Å². The molecule has 2 aromatic heterocycles. The van der Waals surface area contributed by atoms with Gasteiger partial charge in [0.2, 0.25) is 53.2 Å². The molecule has 0 aliphatic rings. The van der Waals surface area contributed by atoms with E-state index in [0.29, 0.717) is 30.7 Å². The van der Waals surface area contributed by atoms with Crippen molar-refractivity contribution in [1.29, 1.82) is 0 Å². The number of carboxylic acid groups (broad SMARTS) is 2. The van der Waals surface area contributed by atoms with Crippen molar-refractivity contribution in [2.45, 2.75) is 142 Å². The van der Waals surface area contributed by atoms with Crippen molar-refractivity contribution < 1.29 is 68.1 Å². The zero-order valence-corrected chi connectivity index (χ0v) is 42.9. The molecule has 0 saturated heterocycles. The highest BCUT2D eigenvalue weighted by Gasteiger charge is 2.37. The molecule has 28 heteroatoms. The summed E-state index contributed by atoms with van der Waals surface area (Å²) in [4.78, 5) is 158. The van der Waals surface area contributed by atoms with Crippen molar-refractivity contribution in [3.63, 3.8) is 0 Å². The Morgan fingerprint density at radius 2 is 0.946 bits per heavy atom. The first-order chi connectivity index (χ1) is 34.9. The van der Waals surface area contributed by atoms with E-state index < -0.39 is 157 Å². The van der Waals surface area contributed by atoms with E-state index in [0.717, 1.165) is 0 Å². The van der Waals surface area contributed by atoms with E-state index in [9.17, 15) is 63.0 Å². The highest BCUT2D eigenvalue weighted by molar-refractivity contribution is 5.98. The van der Waals surface area contributed by atoms with Gasteiger partial charge in [0.15, 0.2) is 0 Å². The summed E-state index contributed by atoms with van der Waals surface area (Å²) in [5.41, 5.74) is 6.70. The van der Waals surface area contributed by atoms with Gasteiger partial charge in [-0.15, -0.1) is 0 Å². The van der Waals surface area contributed by atoms with Crippen LogP contribution in [0, 0.1) is 23.7 Å². The normalized spacial score (nSPS) is 15.6. The Kier molecular flexibility index (Phi) is 26.4. The van der Waals surface area contributed by atoms with Gasteiger partial charge in [0.25, 0.3) is 0 Å². The molecule has 2 aromatic rings. The van der Waals surface area contributed by atoms with E-state index in [-0.39, 0.29) is 18.8 Å². The van der Waals surface area contributed by atoms with E-state index in [4.69, 9.17) is 10.8 Å². The zero-order valence-electron chi connectivity index (χ0n) is 42.9. The number of amides is 9. The summed E-state index contributed by atoms with van der Waals surface area (Å²) >= 11 is 0. The predicted molar refractivity (Wildman–Crippen MR) is 262 cm³/mol. The van der Waals surface area contributed by atoms with Crippen LogP contribution in [0.25, 0.3) is 0 Å². The lowest BCUT2D eigenvalue weighted by Gasteiger charge is -2.31. The Bertz CT molecular complexity index is 2210. The molecule has 0 unspecified atom stereocenters. The fraction of sp³-hybridized carbons (Fsp3) is 0.630. The number of rotatable bonds is 33. The lowest BCUT2D eigenvalue weighted by molar-refractivity contribution is -0.141. The topological polar surface area (TPSA) is 440 Å². The summed E-state index contributed by atoms with van der Waals surface area (Å²) in [5.74, 6) is -12.8. The van der Waals surface area contributed by atoms with E-state index in [1.807, 2.05) is 0 Å². The molecule has 0 aliphatic heterocycles. The predicted octanol–water partition coefficient (Wildman–Crippen LogP) is -3.78. The molecule has 74 heavy (non-hydrogen) atoms. The lowest BCUT2D eigenvalue weighted by Crippen LogP contribution is -2.62. The van der Waals surface area contributed by atoms with Crippen molar-refractivity contribution in [1.82, 2.24) is 67.8 Å². The first kappa shape index (κ1) is 62.6. The Hall–Kier alpha value is -7.49. The Morgan fingerprint density at radius 1 is 0.514 bits per heavy atom. The van der Waals surface area contributed by atoms with Crippen LogP contribution in [0.5, 0.6) is 0 Å². The molecular weight excluding hydrogens is 973 g/mol. The van der Waals surface area contributed by atoms with Crippen molar-refractivity contribution in [2.24, 2.45) is 29.4 Å². The van der Waals surface area contributed by atoms with Gasteiger partial charge >= 0.3 is 11.9 Å². The number of carbonyl (C=O) groups excluding carboxylic acids is 9. The molecule has 0 fully saturated rings. The summed E-state index contributed by atoms with van der Waals surface area (Å²) in [5, 5.41) is 50.6. The van der Waals surface area contributed by atoms with Gasteiger partial charge in [0, 0.05) is 36.6 Å². The first-order valence-corrected chi connectivity index (χ1v) is 24.3. The summed E-state index contributed by atoms with van der Waals surface area (Å²) in [6.45, 7) is 11.0. The van der Waals surface area contributed by atoms with Gasteiger partial charge in [-0.1, -0.05) is 74.7 Å². The van der Waals surface area contributed by atoms with E-state index in [1.165, 1.54) is 25.0 Å². The number of aromatic amines is 2. The molecule has 0 spiro atoms. The van der Waals surface area contributed by atoms with Gasteiger partial charge in [-0.25, -0.2) is 9.97 Å². The second kappa shape index (κ2) is 31.2. The van der Waals surface area contributed by atoms with Crippen molar-refractivity contribution in [3.8, 4) is 0 Å². The number of aliphatic hydroxyl groups is 1. The Balaban J connectivity index is 2.36. The van der Waals surface area contributed by atoms with Crippen LogP contribution in [0.4, 0.5) is 0 Å². The van der Waals surface area contributed by atoms with Crippen LogP contribution in [0.3, 0.4) is 0 Å². The highest BCUT2D eigenvalue weighted by atomic mass is 16.4. The molecule has 2 heterocycles. The molecule has 9 amide bonds. The number of nitrogens with two attached hydrogens (primary N) is 1. The van der Waals surface area contributed by atoms with Crippen LogP contribution < -0.4 is 53.6 Å². The highest BCUT2D eigenvalue weighted by Crippen LogP contribution is 2.14. The molecule has 0 aromatic carbocycles. The second-order valence-corrected chi connectivity index (χ2v) is 18.4. The molecule has 0 radical (unpaired) electrons. The van der Waals surface area contributed by atoms with Crippen LogP contribution in [-0.4, -0.2) is 168 Å². The third kappa shape index (κ3) is 20.6. The molecule has 0 bridgehead atoms. The Morgan fingerprint density at radius 3 is 1.41 bits per heavy atom. The number of carbonyl (C=O) groups is 11. The summed E-state index contributed by atoms with van der Waals surface area (Å²) in [6.07, 6.45) is 5.32. The van der Waals surface area contributed by atoms with Crippen LogP contribution in [-0.2, 0) is 65.6 Å². The number of hydrogen-bond acceptors (Lipinski definition) is 15. The van der Waals surface area contributed by atoms with E-state index in [1.54, 1.807) is 55.4 Å². The smallest absolute Gasteiger partial charge is 0.322 e. The number of aliphatic hydroxyl groups excluding tert-OH is 1. The van der Waals surface area contributed by atoms with Crippen LogP contribution in [0.15, 0.2) is 25.0 Å². The quantitative estimate of drug-likeness (QED) is 0.0326. The maximum atomic E-state index is 14.3. The monoisotopic (exact) mass is 1050 g/mol. The molecule has 11 atom stereocenters. The maximum Gasteiger partial charge on any atom is 0.322 e. The number of nitrogens with one attached hydrogen (secondary N) is 11.